The van der Waals surface area contributed by atoms with Gasteiger partial charge in [0.05, 0.1) is 11.2 Å². The number of anilines is 1. The minimum absolute atomic E-state index is 0.0405. The van der Waals surface area contributed by atoms with Crippen molar-refractivity contribution in [1.82, 2.24) is 4.98 Å². The second kappa shape index (κ2) is 7.47. The molecule has 3 rings (SSSR count). The molecular formula is C22H24N2O. The maximum Gasteiger partial charge on any atom is 0.230 e. The summed E-state index contributed by atoms with van der Waals surface area (Å²) >= 11 is 0. The molecule has 128 valence electrons. The Labute approximate surface area is 149 Å². The molecule has 1 N–H and O–H groups in total. The first-order valence-corrected chi connectivity index (χ1v) is 8.75. The van der Waals surface area contributed by atoms with Crippen LogP contribution in [0.2, 0.25) is 0 Å². The molecule has 1 aromatic heterocycles. The van der Waals surface area contributed by atoms with Crippen molar-refractivity contribution in [1.29, 1.82) is 0 Å². The van der Waals surface area contributed by atoms with E-state index in [1.807, 2.05) is 50.2 Å². The second-order valence-corrected chi connectivity index (χ2v) is 7.06. The number of rotatable bonds is 6. The van der Waals surface area contributed by atoms with Gasteiger partial charge in [-0.05, 0) is 37.0 Å². The van der Waals surface area contributed by atoms with Crippen LogP contribution in [0.3, 0.4) is 0 Å². The summed E-state index contributed by atoms with van der Waals surface area (Å²) in [5.41, 5.74) is 2.50. The number of benzene rings is 2. The lowest BCUT2D eigenvalue weighted by molar-refractivity contribution is -0.124. The van der Waals surface area contributed by atoms with Crippen LogP contribution in [0.25, 0.3) is 10.9 Å². The molecule has 3 nitrogen and oxygen atoms in total. The molecule has 0 unspecified atom stereocenters. The number of aryl methyl sites for hydroxylation is 1. The third-order valence-electron chi connectivity index (χ3n) is 4.61. The number of nitrogens with one attached hydrogen (secondary N) is 1. The van der Waals surface area contributed by atoms with Gasteiger partial charge in [-0.1, -0.05) is 62.4 Å². The molecule has 25 heavy (non-hydrogen) atoms. The van der Waals surface area contributed by atoms with Crippen LogP contribution in [-0.2, 0) is 11.2 Å². The van der Waals surface area contributed by atoms with Crippen molar-refractivity contribution in [3.8, 4) is 0 Å². The van der Waals surface area contributed by atoms with E-state index in [0.717, 1.165) is 35.9 Å². The number of nitrogens with zero attached hydrogens (tertiary/aromatic N) is 1. The highest BCUT2D eigenvalue weighted by molar-refractivity contribution is 6.02. The molecule has 3 heteroatoms. The molecule has 0 radical (unpaired) electrons. The summed E-state index contributed by atoms with van der Waals surface area (Å²) in [4.78, 5) is 17.2. The van der Waals surface area contributed by atoms with Gasteiger partial charge in [-0.15, -0.1) is 0 Å². The largest absolute Gasteiger partial charge is 0.324 e. The average molecular weight is 332 g/mol. The number of para-hydroxylation sites is 1. The number of carbonyl (C=O) groups excluding carboxylic acids is 1. The van der Waals surface area contributed by atoms with E-state index < -0.39 is 5.41 Å². The Morgan fingerprint density at radius 3 is 2.56 bits per heavy atom. The van der Waals surface area contributed by atoms with E-state index in [0.29, 0.717) is 0 Å². The molecule has 0 aliphatic heterocycles. The van der Waals surface area contributed by atoms with Gasteiger partial charge in [-0.25, -0.2) is 0 Å². The zero-order valence-corrected chi connectivity index (χ0v) is 14.8. The molecule has 0 aliphatic carbocycles. The normalized spacial score (nSPS) is 11.4. The summed E-state index contributed by atoms with van der Waals surface area (Å²) in [5, 5.41) is 4.10. The van der Waals surface area contributed by atoms with Crippen LogP contribution in [0, 0.1) is 5.41 Å². The summed E-state index contributed by atoms with van der Waals surface area (Å²) in [7, 11) is 0. The second-order valence-electron chi connectivity index (χ2n) is 7.06. The Morgan fingerprint density at radius 2 is 1.76 bits per heavy atom. The minimum atomic E-state index is -0.425. The topological polar surface area (TPSA) is 42.0 Å². The molecule has 0 spiro atoms. The Bertz CT molecular complexity index is 851. The van der Waals surface area contributed by atoms with Crippen molar-refractivity contribution in [3.05, 3.63) is 72.4 Å². The van der Waals surface area contributed by atoms with Gasteiger partial charge in [0, 0.05) is 17.0 Å². The predicted molar refractivity (Wildman–Crippen MR) is 104 cm³/mol. The number of amides is 1. The number of hydrogen-bond acceptors (Lipinski definition) is 2. The smallest absolute Gasteiger partial charge is 0.230 e. The van der Waals surface area contributed by atoms with E-state index in [1.165, 1.54) is 5.56 Å². The minimum Gasteiger partial charge on any atom is -0.324 e. The number of pyridine rings is 1. The standard InChI is InChI=1S/C22H24N2O/c1-22(2,15-7-11-17-9-4-3-5-10-17)21(25)24-19-14-6-12-18-13-8-16-23-20(18)19/h3-6,8-10,12-14,16H,7,11,15H2,1-2H3,(H,24,25). The fraction of sp³-hybridized carbons (Fsp3) is 0.273. The van der Waals surface area contributed by atoms with E-state index >= 15 is 0 Å². The quantitative estimate of drug-likeness (QED) is 0.672. The fourth-order valence-electron chi connectivity index (χ4n) is 2.99. The van der Waals surface area contributed by atoms with Crippen molar-refractivity contribution in [2.24, 2.45) is 5.41 Å². The van der Waals surface area contributed by atoms with E-state index in [1.54, 1.807) is 6.20 Å². The van der Waals surface area contributed by atoms with Crippen LogP contribution in [0.5, 0.6) is 0 Å². The zero-order chi connectivity index (χ0) is 17.7. The summed E-state index contributed by atoms with van der Waals surface area (Å²) < 4.78 is 0. The summed E-state index contributed by atoms with van der Waals surface area (Å²) in [6.45, 7) is 4.01. The molecule has 0 fully saturated rings. The van der Waals surface area contributed by atoms with Crippen molar-refractivity contribution >= 4 is 22.5 Å². The van der Waals surface area contributed by atoms with Gasteiger partial charge in [0.15, 0.2) is 0 Å². The van der Waals surface area contributed by atoms with Crippen LogP contribution in [0.15, 0.2) is 66.9 Å². The zero-order valence-electron chi connectivity index (χ0n) is 14.8. The van der Waals surface area contributed by atoms with E-state index in [-0.39, 0.29) is 5.91 Å². The van der Waals surface area contributed by atoms with E-state index in [4.69, 9.17) is 0 Å². The molecule has 0 saturated carbocycles. The van der Waals surface area contributed by atoms with Gasteiger partial charge in [0.25, 0.3) is 0 Å². The number of hydrogen-bond donors (Lipinski definition) is 1. The van der Waals surface area contributed by atoms with Gasteiger partial charge >= 0.3 is 0 Å². The number of carbonyl (C=O) groups is 1. The fourth-order valence-corrected chi connectivity index (χ4v) is 2.99. The predicted octanol–water partition coefficient (Wildman–Crippen LogP) is 5.22. The Balaban J connectivity index is 1.64. The Kier molecular flexibility index (Phi) is 5.13. The number of fused-ring (bicyclic) bond motifs is 1. The first-order chi connectivity index (χ1) is 12.1. The van der Waals surface area contributed by atoms with Crippen LogP contribution < -0.4 is 5.32 Å². The van der Waals surface area contributed by atoms with E-state index in [2.05, 4.69) is 34.6 Å². The van der Waals surface area contributed by atoms with Gasteiger partial charge < -0.3 is 5.32 Å². The monoisotopic (exact) mass is 332 g/mol. The Hall–Kier alpha value is -2.68. The molecule has 2 aromatic carbocycles. The number of aromatic nitrogens is 1. The lowest BCUT2D eigenvalue weighted by Crippen LogP contribution is -2.31. The van der Waals surface area contributed by atoms with Crippen molar-refractivity contribution in [3.63, 3.8) is 0 Å². The maximum atomic E-state index is 12.8. The summed E-state index contributed by atoms with van der Waals surface area (Å²) in [6, 6.07) is 20.2. The van der Waals surface area contributed by atoms with Crippen molar-refractivity contribution < 1.29 is 4.79 Å². The van der Waals surface area contributed by atoms with Gasteiger partial charge in [0.2, 0.25) is 5.91 Å². The molecule has 0 aliphatic rings. The summed E-state index contributed by atoms with van der Waals surface area (Å²) in [6.07, 6.45) is 4.57. The molecule has 1 heterocycles. The highest BCUT2D eigenvalue weighted by atomic mass is 16.2. The SMILES string of the molecule is CC(C)(CCCc1ccccc1)C(=O)Nc1cccc2cccnc12. The maximum absolute atomic E-state index is 12.8. The molecule has 1 amide bonds. The molecule has 0 bridgehead atoms. The van der Waals surface area contributed by atoms with Crippen LogP contribution in [0.4, 0.5) is 5.69 Å². The molecular weight excluding hydrogens is 308 g/mol. The Morgan fingerprint density at radius 1 is 1.00 bits per heavy atom. The van der Waals surface area contributed by atoms with Crippen LogP contribution in [0.1, 0.15) is 32.3 Å². The molecule has 0 saturated heterocycles. The first-order valence-electron chi connectivity index (χ1n) is 8.75. The molecule has 3 aromatic rings. The highest BCUT2D eigenvalue weighted by Crippen LogP contribution is 2.28. The summed E-state index contributed by atoms with van der Waals surface area (Å²) in [5.74, 6) is 0.0405. The highest BCUT2D eigenvalue weighted by Gasteiger charge is 2.27. The lowest BCUT2D eigenvalue weighted by atomic mass is 9.85. The van der Waals surface area contributed by atoms with Gasteiger partial charge in [0.1, 0.15) is 0 Å². The van der Waals surface area contributed by atoms with Gasteiger partial charge in [-0.2, -0.15) is 0 Å². The van der Waals surface area contributed by atoms with E-state index in [9.17, 15) is 4.79 Å². The third-order valence-corrected chi connectivity index (χ3v) is 4.61. The van der Waals surface area contributed by atoms with Crippen molar-refractivity contribution in [2.45, 2.75) is 33.1 Å². The van der Waals surface area contributed by atoms with Gasteiger partial charge in [-0.3, -0.25) is 9.78 Å². The van der Waals surface area contributed by atoms with Crippen LogP contribution >= 0.6 is 0 Å². The first kappa shape index (κ1) is 17.2. The van der Waals surface area contributed by atoms with Crippen LogP contribution in [-0.4, -0.2) is 10.9 Å². The molecule has 0 atom stereocenters. The average Bonchev–Trinajstić information content (AvgIpc) is 2.63. The van der Waals surface area contributed by atoms with Crippen molar-refractivity contribution in [2.75, 3.05) is 5.32 Å². The third kappa shape index (κ3) is 4.24. The lowest BCUT2D eigenvalue weighted by Gasteiger charge is -2.24.